The first-order valence-electron chi connectivity index (χ1n) is 9.15. The van der Waals surface area contributed by atoms with Gasteiger partial charge in [-0.3, -0.25) is 9.59 Å². The van der Waals surface area contributed by atoms with Crippen LogP contribution in [0.2, 0.25) is 0 Å². The van der Waals surface area contributed by atoms with Crippen LogP contribution in [0.15, 0.2) is 53.9 Å². The molecule has 0 saturated heterocycles. The van der Waals surface area contributed by atoms with Crippen molar-refractivity contribution in [3.8, 4) is 10.6 Å². The molecule has 1 heterocycles. The van der Waals surface area contributed by atoms with Crippen LogP contribution in [-0.2, 0) is 11.0 Å². The summed E-state index contributed by atoms with van der Waals surface area (Å²) in [4.78, 5) is 28.5. The quantitative estimate of drug-likeness (QED) is 0.566. The molecular formula is C21H16F3N3O2S. The number of alkyl halides is 3. The second-order valence-corrected chi connectivity index (χ2v) is 7.77. The molecule has 4 rings (SSSR count). The average Bonchev–Trinajstić information content (AvgIpc) is 3.44. The lowest BCUT2D eigenvalue weighted by Crippen LogP contribution is -2.15. The van der Waals surface area contributed by atoms with Gasteiger partial charge >= 0.3 is 6.18 Å². The monoisotopic (exact) mass is 431 g/mol. The van der Waals surface area contributed by atoms with Crippen molar-refractivity contribution in [1.82, 2.24) is 4.98 Å². The minimum absolute atomic E-state index is 0.0382. The first kappa shape index (κ1) is 20.1. The number of rotatable bonds is 5. The zero-order valence-corrected chi connectivity index (χ0v) is 16.3. The Bertz CT molecular complexity index is 1110. The fourth-order valence-electron chi connectivity index (χ4n) is 2.80. The Hall–Kier alpha value is -3.20. The molecule has 1 aliphatic rings. The summed E-state index contributed by atoms with van der Waals surface area (Å²) < 4.78 is 38.7. The number of aromatic nitrogens is 1. The summed E-state index contributed by atoms with van der Waals surface area (Å²) in [5.41, 5.74) is 0.666. The topological polar surface area (TPSA) is 71.1 Å². The molecule has 0 atom stereocenters. The molecule has 0 aliphatic heterocycles. The maximum absolute atomic E-state index is 12.9. The van der Waals surface area contributed by atoms with Gasteiger partial charge in [-0.2, -0.15) is 13.2 Å². The molecule has 1 saturated carbocycles. The molecule has 2 aromatic carbocycles. The van der Waals surface area contributed by atoms with Crippen molar-refractivity contribution in [2.75, 3.05) is 10.6 Å². The second-order valence-electron chi connectivity index (χ2n) is 6.91. The number of anilines is 2. The molecule has 1 aromatic heterocycles. The van der Waals surface area contributed by atoms with E-state index in [1.165, 1.54) is 17.5 Å². The highest BCUT2D eigenvalue weighted by Gasteiger charge is 2.31. The van der Waals surface area contributed by atoms with E-state index in [9.17, 15) is 22.8 Å². The zero-order valence-electron chi connectivity index (χ0n) is 15.5. The van der Waals surface area contributed by atoms with E-state index >= 15 is 0 Å². The fourth-order valence-corrected chi connectivity index (χ4v) is 3.60. The van der Waals surface area contributed by atoms with Gasteiger partial charge in [-0.25, -0.2) is 4.98 Å². The smallest absolute Gasteiger partial charge is 0.326 e. The van der Waals surface area contributed by atoms with E-state index in [1.54, 1.807) is 24.3 Å². The van der Waals surface area contributed by atoms with Crippen molar-refractivity contribution >= 4 is 34.5 Å². The van der Waals surface area contributed by atoms with Crippen LogP contribution < -0.4 is 10.6 Å². The summed E-state index contributed by atoms with van der Waals surface area (Å²) >= 11 is 1.09. The SMILES string of the molecule is O=C(Nc1cccc(NC(=O)C2CC2)c1)c1csc(-c2cccc(C(F)(F)F)c2)n1. The number of hydrogen-bond acceptors (Lipinski definition) is 4. The number of halogens is 3. The standard InChI is InChI=1S/C21H16F3N3O2S/c22-21(23,24)14-4-1-3-13(9-14)20-27-17(11-30-20)19(29)26-16-6-2-5-15(10-16)25-18(28)12-7-8-12/h1-6,9-12H,7-8H2,(H,25,28)(H,26,29). The Balaban J connectivity index is 1.46. The van der Waals surface area contributed by atoms with Crippen LogP contribution in [-0.4, -0.2) is 16.8 Å². The highest BCUT2D eigenvalue weighted by atomic mass is 32.1. The van der Waals surface area contributed by atoms with Gasteiger partial charge in [0.05, 0.1) is 5.56 Å². The van der Waals surface area contributed by atoms with Crippen LogP contribution in [0.25, 0.3) is 10.6 Å². The van der Waals surface area contributed by atoms with Gasteiger partial charge in [-0.1, -0.05) is 18.2 Å². The summed E-state index contributed by atoms with van der Waals surface area (Å²) in [6.07, 6.45) is -2.67. The van der Waals surface area contributed by atoms with Gasteiger partial charge in [0, 0.05) is 28.2 Å². The van der Waals surface area contributed by atoms with Gasteiger partial charge in [0.25, 0.3) is 5.91 Å². The first-order valence-corrected chi connectivity index (χ1v) is 10.0. The number of nitrogens with zero attached hydrogens (tertiary/aromatic N) is 1. The minimum atomic E-state index is -4.45. The zero-order chi connectivity index (χ0) is 21.3. The van der Waals surface area contributed by atoms with Crippen molar-refractivity contribution in [2.24, 2.45) is 5.92 Å². The van der Waals surface area contributed by atoms with Crippen LogP contribution in [0.1, 0.15) is 28.9 Å². The number of carbonyl (C=O) groups excluding carboxylic acids is 2. The Morgan fingerprint density at radius 1 is 1.00 bits per heavy atom. The maximum atomic E-state index is 12.9. The molecule has 2 amide bonds. The Labute approximate surface area is 174 Å². The average molecular weight is 431 g/mol. The molecule has 154 valence electrons. The fraction of sp³-hybridized carbons (Fsp3) is 0.190. The summed E-state index contributed by atoms with van der Waals surface area (Å²) in [6, 6.07) is 11.6. The summed E-state index contributed by atoms with van der Waals surface area (Å²) in [5, 5.41) is 7.30. The summed E-state index contributed by atoms with van der Waals surface area (Å²) in [6.45, 7) is 0. The van der Waals surface area contributed by atoms with E-state index in [2.05, 4.69) is 15.6 Å². The van der Waals surface area contributed by atoms with Crippen molar-refractivity contribution in [1.29, 1.82) is 0 Å². The van der Waals surface area contributed by atoms with E-state index in [0.29, 0.717) is 21.9 Å². The third kappa shape index (κ3) is 4.68. The summed E-state index contributed by atoms with van der Waals surface area (Å²) in [7, 11) is 0. The van der Waals surface area contributed by atoms with E-state index in [4.69, 9.17) is 0 Å². The Kier molecular flexibility index (Phi) is 5.29. The Morgan fingerprint density at radius 3 is 2.40 bits per heavy atom. The lowest BCUT2D eigenvalue weighted by molar-refractivity contribution is -0.137. The van der Waals surface area contributed by atoms with Crippen molar-refractivity contribution in [2.45, 2.75) is 19.0 Å². The molecular weight excluding hydrogens is 415 g/mol. The van der Waals surface area contributed by atoms with Gasteiger partial charge < -0.3 is 10.6 Å². The number of amides is 2. The number of benzene rings is 2. The van der Waals surface area contributed by atoms with Crippen LogP contribution >= 0.6 is 11.3 Å². The molecule has 1 fully saturated rings. The molecule has 30 heavy (non-hydrogen) atoms. The summed E-state index contributed by atoms with van der Waals surface area (Å²) in [5.74, 6) is -0.466. The van der Waals surface area contributed by atoms with Crippen LogP contribution in [0, 0.1) is 5.92 Å². The van der Waals surface area contributed by atoms with Crippen LogP contribution in [0.5, 0.6) is 0 Å². The number of thiazole rings is 1. The Morgan fingerprint density at radius 2 is 1.70 bits per heavy atom. The van der Waals surface area contributed by atoms with E-state index in [-0.39, 0.29) is 17.5 Å². The van der Waals surface area contributed by atoms with Gasteiger partial charge in [-0.15, -0.1) is 11.3 Å². The molecule has 3 aromatic rings. The van der Waals surface area contributed by atoms with E-state index < -0.39 is 17.6 Å². The second kappa shape index (κ2) is 7.91. The van der Waals surface area contributed by atoms with Crippen LogP contribution in [0.4, 0.5) is 24.5 Å². The molecule has 0 spiro atoms. The van der Waals surface area contributed by atoms with Crippen molar-refractivity contribution in [3.63, 3.8) is 0 Å². The molecule has 0 bridgehead atoms. The normalized spacial score (nSPS) is 13.7. The molecule has 0 radical (unpaired) electrons. The van der Waals surface area contributed by atoms with Crippen LogP contribution in [0.3, 0.4) is 0 Å². The third-order valence-corrected chi connectivity index (χ3v) is 5.40. The van der Waals surface area contributed by atoms with E-state index in [0.717, 1.165) is 36.3 Å². The minimum Gasteiger partial charge on any atom is -0.326 e. The predicted octanol–water partition coefficient (Wildman–Crippen LogP) is 5.43. The van der Waals surface area contributed by atoms with Gasteiger partial charge in [0.2, 0.25) is 5.91 Å². The highest BCUT2D eigenvalue weighted by Crippen LogP contribution is 2.33. The lowest BCUT2D eigenvalue weighted by atomic mass is 10.1. The third-order valence-electron chi connectivity index (χ3n) is 4.51. The van der Waals surface area contributed by atoms with Gasteiger partial charge in [0.1, 0.15) is 10.7 Å². The van der Waals surface area contributed by atoms with E-state index in [1.807, 2.05) is 0 Å². The number of nitrogens with one attached hydrogen (secondary N) is 2. The number of carbonyl (C=O) groups is 2. The van der Waals surface area contributed by atoms with Gasteiger partial charge in [-0.05, 0) is 43.2 Å². The van der Waals surface area contributed by atoms with Gasteiger partial charge in [0.15, 0.2) is 0 Å². The van der Waals surface area contributed by atoms with Crippen molar-refractivity contribution in [3.05, 3.63) is 65.2 Å². The van der Waals surface area contributed by atoms with Crippen molar-refractivity contribution < 1.29 is 22.8 Å². The number of hydrogen-bond donors (Lipinski definition) is 2. The molecule has 9 heteroatoms. The predicted molar refractivity (Wildman–Crippen MR) is 108 cm³/mol. The molecule has 2 N–H and O–H groups in total. The molecule has 0 unspecified atom stereocenters. The largest absolute Gasteiger partial charge is 0.416 e. The highest BCUT2D eigenvalue weighted by molar-refractivity contribution is 7.13. The molecule has 5 nitrogen and oxygen atoms in total. The maximum Gasteiger partial charge on any atom is 0.416 e. The molecule has 1 aliphatic carbocycles. The lowest BCUT2D eigenvalue weighted by Gasteiger charge is -2.08. The first-order chi connectivity index (χ1) is 14.3.